The van der Waals surface area contributed by atoms with Crippen LogP contribution >= 0.6 is 11.8 Å². The van der Waals surface area contributed by atoms with Gasteiger partial charge in [0.15, 0.2) is 0 Å². The van der Waals surface area contributed by atoms with E-state index in [0.717, 1.165) is 5.56 Å². The van der Waals surface area contributed by atoms with Gasteiger partial charge in [-0.1, -0.05) is 32.0 Å². The number of hydrogen-bond acceptors (Lipinski definition) is 5. The molecular formula is C17H19N2O4S-. The fourth-order valence-electron chi connectivity index (χ4n) is 3.20. The van der Waals surface area contributed by atoms with Gasteiger partial charge in [0.2, 0.25) is 5.91 Å². The Morgan fingerprint density at radius 3 is 2.75 bits per heavy atom. The Morgan fingerprint density at radius 2 is 2.08 bits per heavy atom. The van der Waals surface area contributed by atoms with Crippen molar-refractivity contribution in [2.24, 2.45) is 5.92 Å². The zero-order valence-corrected chi connectivity index (χ0v) is 14.3. The van der Waals surface area contributed by atoms with E-state index in [1.807, 2.05) is 26.0 Å². The summed E-state index contributed by atoms with van der Waals surface area (Å²) in [6.45, 7) is 3.76. The van der Waals surface area contributed by atoms with E-state index in [9.17, 15) is 19.5 Å². The predicted molar refractivity (Wildman–Crippen MR) is 88.0 cm³/mol. The highest BCUT2D eigenvalue weighted by molar-refractivity contribution is 7.99. The lowest BCUT2D eigenvalue weighted by molar-refractivity contribution is -0.308. The third-order valence-corrected chi connectivity index (χ3v) is 5.61. The topological polar surface area (TPSA) is 89.5 Å². The SMILES string of the molecule is CC(C)C[C@@H](NC(=O)[C@@H]1CS[C@@H]2c3ccccc3C(=O)N21)C(=O)[O-]. The van der Waals surface area contributed by atoms with Gasteiger partial charge in [-0.3, -0.25) is 9.59 Å². The lowest BCUT2D eigenvalue weighted by Crippen LogP contribution is -2.54. The van der Waals surface area contributed by atoms with E-state index in [1.54, 1.807) is 17.0 Å². The van der Waals surface area contributed by atoms with Gasteiger partial charge in [0, 0.05) is 11.3 Å². The highest BCUT2D eigenvalue weighted by Gasteiger charge is 2.48. The van der Waals surface area contributed by atoms with Gasteiger partial charge in [-0.25, -0.2) is 0 Å². The van der Waals surface area contributed by atoms with Crippen LogP contribution < -0.4 is 10.4 Å². The Morgan fingerprint density at radius 1 is 1.38 bits per heavy atom. The largest absolute Gasteiger partial charge is 0.548 e. The Bertz CT molecular complexity index is 691. The van der Waals surface area contributed by atoms with Crippen molar-refractivity contribution in [2.45, 2.75) is 37.7 Å². The van der Waals surface area contributed by atoms with Crippen molar-refractivity contribution in [3.05, 3.63) is 35.4 Å². The Kier molecular flexibility index (Phi) is 4.54. The number of aliphatic carboxylic acids is 1. The van der Waals surface area contributed by atoms with Crippen molar-refractivity contribution in [1.29, 1.82) is 0 Å². The molecule has 128 valence electrons. The van der Waals surface area contributed by atoms with Gasteiger partial charge in [0.25, 0.3) is 5.91 Å². The van der Waals surface area contributed by atoms with Gasteiger partial charge >= 0.3 is 0 Å². The van der Waals surface area contributed by atoms with Crippen LogP contribution in [0.2, 0.25) is 0 Å². The fraction of sp³-hybridized carbons (Fsp3) is 0.471. The molecule has 0 aromatic heterocycles. The molecule has 3 atom stereocenters. The number of fused-ring (bicyclic) bond motifs is 3. The molecule has 2 heterocycles. The first-order valence-electron chi connectivity index (χ1n) is 7.94. The van der Waals surface area contributed by atoms with Crippen LogP contribution in [-0.4, -0.2) is 40.5 Å². The summed E-state index contributed by atoms with van der Waals surface area (Å²) < 4.78 is 0. The number of nitrogens with zero attached hydrogens (tertiary/aromatic N) is 1. The van der Waals surface area contributed by atoms with Gasteiger partial charge in [-0.05, 0) is 24.0 Å². The number of thioether (sulfide) groups is 1. The van der Waals surface area contributed by atoms with E-state index < -0.39 is 24.0 Å². The smallest absolute Gasteiger partial charge is 0.256 e. The standard InChI is InChI=1S/C17H20N2O4S/c1-9(2)7-12(17(22)23)18-14(20)13-8-24-16-11-6-4-3-5-10(11)15(21)19(13)16/h3-6,9,12-13,16H,7-8H2,1-2H3,(H,18,20)(H,22,23)/p-1/t12-,13+,16-/m1/s1. The van der Waals surface area contributed by atoms with E-state index in [1.165, 1.54) is 11.8 Å². The van der Waals surface area contributed by atoms with Crippen LogP contribution in [0.4, 0.5) is 0 Å². The van der Waals surface area contributed by atoms with Crippen molar-refractivity contribution < 1.29 is 19.5 Å². The molecule has 7 heteroatoms. The van der Waals surface area contributed by atoms with Crippen LogP contribution in [0.3, 0.4) is 0 Å². The van der Waals surface area contributed by atoms with Crippen LogP contribution in [0, 0.1) is 5.92 Å². The number of hydrogen-bond donors (Lipinski definition) is 1. The average molecular weight is 347 g/mol. The van der Waals surface area contributed by atoms with Crippen molar-refractivity contribution in [3.8, 4) is 0 Å². The lowest BCUT2D eigenvalue weighted by Gasteiger charge is -2.27. The summed E-state index contributed by atoms with van der Waals surface area (Å²) >= 11 is 1.53. The number of rotatable bonds is 5. The highest BCUT2D eigenvalue weighted by Crippen LogP contribution is 2.48. The average Bonchev–Trinajstić information content (AvgIpc) is 3.07. The molecule has 1 aromatic rings. The maximum Gasteiger partial charge on any atom is 0.256 e. The van der Waals surface area contributed by atoms with Gasteiger partial charge in [-0.2, -0.15) is 0 Å². The predicted octanol–water partition coefficient (Wildman–Crippen LogP) is 0.537. The normalized spacial score (nSPS) is 23.1. The highest BCUT2D eigenvalue weighted by atomic mass is 32.2. The minimum atomic E-state index is -1.30. The molecule has 1 saturated heterocycles. The maximum absolute atomic E-state index is 12.6. The molecule has 0 bridgehead atoms. The van der Waals surface area contributed by atoms with Crippen LogP contribution in [0.15, 0.2) is 24.3 Å². The third kappa shape index (κ3) is 2.88. The number of carboxylic acid groups (broad SMARTS) is 1. The minimum Gasteiger partial charge on any atom is -0.548 e. The van der Waals surface area contributed by atoms with Gasteiger partial charge in [0.05, 0.1) is 12.0 Å². The molecule has 1 fully saturated rings. The molecule has 2 aliphatic rings. The first-order valence-corrected chi connectivity index (χ1v) is 8.99. The molecule has 0 unspecified atom stereocenters. The molecule has 2 aliphatic heterocycles. The summed E-state index contributed by atoms with van der Waals surface area (Å²) in [6.07, 6.45) is 0.297. The monoisotopic (exact) mass is 347 g/mol. The molecule has 1 aromatic carbocycles. The molecule has 0 saturated carbocycles. The van der Waals surface area contributed by atoms with Crippen LogP contribution in [-0.2, 0) is 9.59 Å². The number of amides is 2. The van der Waals surface area contributed by atoms with Crippen molar-refractivity contribution >= 4 is 29.5 Å². The van der Waals surface area contributed by atoms with Gasteiger partial charge < -0.3 is 20.1 Å². The second kappa shape index (κ2) is 6.47. The van der Waals surface area contributed by atoms with Crippen molar-refractivity contribution in [1.82, 2.24) is 10.2 Å². The second-order valence-corrected chi connectivity index (χ2v) is 7.62. The zero-order valence-electron chi connectivity index (χ0n) is 13.5. The summed E-state index contributed by atoms with van der Waals surface area (Å²) in [4.78, 5) is 38.0. The summed E-state index contributed by atoms with van der Waals surface area (Å²) in [6, 6.07) is 5.63. The zero-order chi connectivity index (χ0) is 17.4. The van der Waals surface area contributed by atoms with Crippen molar-refractivity contribution in [2.75, 3.05) is 5.75 Å². The van der Waals surface area contributed by atoms with E-state index in [4.69, 9.17) is 0 Å². The molecule has 0 spiro atoms. The minimum absolute atomic E-state index is 0.108. The maximum atomic E-state index is 12.6. The quantitative estimate of drug-likeness (QED) is 0.839. The summed E-state index contributed by atoms with van der Waals surface area (Å²) in [7, 11) is 0. The first kappa shape index (κ1) is 16.8. The van der Waals surface area contributed by atoms with Crippen LogP contribution in [0.1, 0.15) is 41.6 Å². The third-order valence-electron chi connectivity index (χ3n) is 4.30. The summed E-state index contributed by atoms with van der Waals surface area (Å²) in [5, 5.41) is 13.6. The lowest BCUT2D eigenvalue weighted by atomic mass is 10.0. The van der Waals surface area contributed by atoms with E-state index in [0.29, 0.717) is 17.7 Å². The Labute approximate surface area is 144 Å². The molecule has 3 rings (SSSR count). The summed E-state index contributed by atoms with van der Waals surface area (Å²) in [5.41, 5.74) is 1.53. The van der Waals surface area contributed by atoms with Crippen molar-refractivity contribution in [3.63, 3.8) is 0 Å². The number of carbonyl (C=O) groups is 3. The molecule has 0 aliphatic carbocycles. The molecule has 0 radical (unpaired) electrons. The van der Waals surface area contributed by atoms with Gasteiger partial charge in [-0.15, -0.1) is 11.8 Å². The van der Waals surface area contributed by atoms with Crippen LogP contribution in [0.5, 0.6) is 0 Å². The van der Waals surface area contributed by atoms with Crippen LogP contribution in [0.25, 0.3) is 0 Å². The number of benzene rings is 1. The van der Waals surface area contributed by atoms with Gasteiger partial charge in [0.1, 0.15) is 11.4 Å². The second-order valence-electron chi connectivity index (χ2n) is 6.51. The Hall–Kier alpha value is -2.02. The molecular weight excluding hydrogens is 328 g/mol. The first-order chi connectivity index (χ1) is 11.4. The Balaban J connectivity index is 1.76. The molecule has 1 N–H and O–H groups in total. The molecule has 2 amide bonds. The fourth-order valence-corrected chi connectivity index (χ4v) is 4.66. The molecule has 24 heavy (non-hydrogen) atoms. The number of carboxylic acids is 1. The van der Waals surface area contributed by atoms with E-state index in [-0.39, 0.29) is 17.2 Å². The van der Waals surface area contributed by atoms with E-state index >= 15 is 0 Å². The summed E-state index contributed by atoms with van der Waals surface area (Å²) in [5.74, 6) is -1.33. The van der Waals surface area contributed by atoms with E-state index in [2.05, 4.69) is 5.32 Å². The number of nitrogens with one attached hydrogen (secondary N) is 1. The number of carbonyl (C=O) groups excluding carboxylic acids is 3. The molecule has 6 nitrogen and oxygen atoms in total.